The van der Waals surface area contributed by atoms with Crippen LogP contribution in [0.2, 0.25) is 0 Å². The van der Waals surface area contributed by atoms with Crippen molar-refractivity contribution in [3.63, 3.8) is 0 Å². The Morgan fingerprint density at radius 2 is 1.75 bits per heavy atom. The van der Waals surface area contributed by atoms with Gasteiger partial charge in [-0.1, -0.05) is 18.2 Å². The molecule has 1 unspecified atom stereocenters. The van der Waals surface area contributed by atoms with Crippen LogP contribution in [-0.4, -0.2) is 24.4 Å². The van der Waals surface area contributed by atoms with Gasteiger partial charge in [0, 0.05) is 5.92 Å². The molecule has 3 N–H and O–H groups in total. The summed E-state index contributed by atoms with van der Waals surface area (Å²) < 4.78 is 11.5. The van der Waals surface area contributed by atoms with Crippen LogP contribution >= 0.6 is 0 Å². The molecular weight excluding hydrogens is 302 g/mol. The van der Waals surface area contributed by atoms with Gasteiger partial charge in [0.2, 0.25) is 0 Å². The van der Waals surface area contributed by atoms with Gasteiger partial charge >= 0.3 is 0 Å². The molecule has 1 atom stereocenters. The fraction of sp³-hybridized carbons (Fsp3) is 0.400. The third-order valence-electron chi connectivity index (χ3n) is 3.80. The van der Waals surface area contributed by atoms with Crippen molar-refractivity contribution < 1.29 is 14.6 Å². The van der Waals surface area contributed by atoms with Gasteiger partial charge in [0.1, 0.15) is 5.75 Å². The average molecular weight is 329 g/mol. The monoisotopic (exact) mass is 329 g/mol. The molecular formula is C20H27NO3. The van der Waals surface area contributed by atoms with Crippen LogP contribution in [0, 0.1) is 0 Å². The van der Waals surface area contributed by atoms with Crippen LogP contribution in [0.1, 0.15) is 37.8 Å². The molecule has 0 amide bonds. The topological polar surface area (TPSA) is 64.7 Å². The predicted molar refractivity (Wildman–Crippen MR) is 97.0 cm³/mol. The van der Waals surface area contributed by atoms with E-state index in [1.54, 1.807) is 12.1 Å². The van der Waals surface area contributed by atoms with E-state index in [0.717, 1.165) is 29.0 Å². The number of ether oxygens (including phenoxy) is 2. The summed E-state index contributed by atoms with van der Waals surface area (Å²) >= 11 is 0. The first-order chi connectivity index (χ1) is 11.5. The highest BCUT2D eigenvalue weighted by atomic mass is 16.5. The fourth-order valence-electron chi connectivity index (χ4n) is 2.67. The van der Waals surface area contributed by atoms with Crippen LogP contribution in [0.4, 0.5) is 0 Å². The van der Waals surface area contributed by atoms with Gasteiger partial charge in [-0.2, -0.15) is 0 Å². The van der Waals surface area contributed by atoms with Crippen molar-refractivity contribution in [2.24, 2.45) is 5.73 Å². The second kappa shape index (κ2) is 8.60. The van der Waals surface area contributed by atoms with E-state index in [1.807, 2.05) is 45.0 Å². The summed E-state index contributed by atoms with van der Waals surface area (Å²) in [4.78, 5) is 0. The van der Waals surface area contributed by atoms with E-state index in [0.29, 0.717) is 13.2 Å². The van der Waals surface area contributed by atoms with Crippen LogP contribution in [0.5, 0.6) is 17.2 Å². The van der Waals surface area contributed by atoms with Crippen LogP contribution in [0.3, 0.4) is 0 Å². The number of hydrogen-bond donors (Lipinski definition) is 2. The minimum Gasteiger partial charge on any atom is -0.508 e. The van der Waals surface area contributed by atoms with Gasteiger partial charge in [-0.25, -0.2) is 0 Å². The van der Waals surface area contributed by atoms with E-state index in [9.17, 15) is 5.11 Å². The number of nitrogens with two attached hydrogens (primary N) is 1. The molecule has 0 radical (unpaired) electrons. The molecule has 0 heterocycles. The number of phenols is 1. The molecule has 2 aromatic rings. The zero-order valence-corrected chi connectivity index (χ0v) is 14.7. The second-order valence-corrected chi connectivity index (χ2v) is 6.11. The van der Waals surface area contributed by atoms with Gasteiger partial charge in [-0.05, 0) is 69.1 Å². The van der Waals surface area contributed by atoms with E-state index in [4.69, 9.17) is 15.2 Å². The van der Waals surface area contributed by atoms with E-state index < -0.39 is 0 Å². The van der Waals surface area contributed by atoms with Crippen molar-refractivity contribution in [1.82, 2.24) is 0 Å². The molecule has 0 spiro atoms. The molecule has 0 saturated heterocycles. The maximum Gasteiger partial charge on any atom is 0.161 e. The molecule has 24 heavy (non-hydrogen) atoms. The number of aromatic hydroxyl groups is 1. The highest BCUT2D eigenvalue weighted by molar-refractivity contribution is 5.44. The highest BCUT2D eigenvalue weighted by Gasteiger charge is 2.14. The first kappa shape index (κ1) is 18.1. The first-order valence-electron chi connectivity index (χ1n) is 8.44. The Morgan fingerprint density at radius 3 is 2.33 bits per heavy atom. The summed E-state index contributed by atoms with van der Waals surface area (Å²) in [6.45, 7) is 7.10. The molecule has 130 valence electrons. The number of hydrogen-bond acceptors (Lipinski definition) is 4. The van der Waals surface area contributed by atoms with Crippen LogP contribution < -0.4 is 15.2 Å². The maximum absolute atomic E-state index is 9.44. The molecule has 0 aromatic heterocycles. The van der Waals surface area contributed by atoms with Crippen molar-refractivity contribution >= 4 is 0 Å². The molecule has 0 saturated carbocycles. The molecule has 0 aliphatic carbocycles. The predicted octanol–water partition coefficient (Wildman–Crippen LogP) is 3.86. The SMILES string of the molecule is CCOc1cc(CC(CN)c2ccc(O)cc2)ccc1OC(C)C. The van der Waals surface area contributed by atoms with Crippen molar-refractivity contribution in [3.05, 3.63) is 53.6 Å². The van der Waals surface area contributed by atoms with Crippen LogP contribution in [-0.2, 0) is 6.42 Å². The quantitative estimate of drug-likeness (QED) is 0.772. The van der Waals surface area contributed by atoms with Crippen molar-refractivity contribution in [1.29, 1.82) is 0 Å². The molecule has 4 nitrogen and oxygen atoms in total. The minimum atomic E-state index is 0.101. The zero-order chi connectivity index (χ0) is 17.5. The van der Waals surface area contributed by atoms with Gasteiger partial charge in [-0.15, -0.1) is 0 Å². The van der Waals surface area contributed by atoms with Crippen molar-refractivity contribution in [3.8, 4) is 17.2 Å². The lowest BCUT2D eigenvalue weighted by atomic mass is 9.92. The van der Waals surface area contributed by atoms with E-state index in [1.165, 1.54) is 0 Å². The second-order valence-electron chi connectivity index (χ2n) is 6.11. The van der Waals surface area contributed by atoms with Crippen molar-refractivity contribution in [2.75, 3.05) is 13.2 Å². The molecule has 0 fully saturated rings. The zero-order valence-electron chi connectivity index (χ0n) is 14.7. The van der Waals surface area contributed by atoms with Crippen LogP contribution in [0.15, 0.2) is 42.5 Å². The minimum absolute atomic E-state index is 0.101. The Labute approximate surface area is 144 Å². The number of rotatable bonds is 8. The standard InChI is InChI=1S/C20H27NO3/c1-4-23-20-12-15(5-10-19(20)24-14(2)3)11-17(13-21)16-6-8-18(22)9-7-16/h5-10,12,14,17,22H,4,11,13,21H2,1-3H3. The fourth-order valence-corrected chi connectivity index (χ4v) is 2.67. The molecule has 2 rings (SSSR count). The summed E-state index contributed by atoms with van der Waals surface area (Å²) in [5.41, 5.74) is 8.24. The van der Waals surface area contributed by atoms with Gasteiger partial charge in [0.05, 0.1) is 12.7 Å². The highest BCUT2D eigenvalue weighted by Crippen LogP contribution is 2.31. The first-order valence-corrected chi connectivity index (χ1v) is 8.44. The Morgan fingerprint density at radius 1 is 1.04 bits per heavy atom. The third-order valence-corrected chi connectivity index (χ3v) is 3.80. The smallest absolute Gasteiger partial charge is 0.161 e. The van der Waals surface area contributed by atoms with Gasteiger partial charge < -0.3 is 20.3 Å². The summed E-state index contributed by atoms with van der Waals surface area (Å²) in [7, 11) is 0. The average Bonchev–Trinajstić information content (AvgIpc) is 2.55. The molecule has 0 aliphatic rings. The molecule has 4 heteroatoms. The molecule has 0 bridgehead atoms. The largest absolute Gasteiger partial charge is 0.508 e. The van der Waals surface area contributed by atoms with Gasteiger partial charge in [0.15, 0.2) is 11.5 Å². The summed E-state index contributed by atoms with van der Waals surface area (Å²) in [6.07, 6.45) is 0.910. The number of benzene rings is 2. The van der Waals surface area contributed by atoms with E-state index >= 15 is 0 Å². The Balaban J connectivity index is 2.20. The molecule has 2 aromatic carbocycles. The lowest BCUT2D eigenvalue weighted by molar-refractivity contribution is 0.223. The van der Waals surface area contributed by atoms with Crippen LogP contribution in [0.25, 0.3) is 0 Å². The third kappa shape index (κ3) is 4.90. The van der Waals surface area contributed by atoms with E-state index in [-0.39, 0.29) is 17.8 Å². The van der Waals surface area contributed by atoms with Gasteiger partial charge in [-0.3, -0.25) is 0 Å². The molecule has 0 aliphatic heterocycles. The normalized spacial score (nSPS) is 12.2. The Kier molecular flexibility index (Phi) is 6.50. The Bertz CT molecular complexity index is 638. The van der Waals surface area contributed by atoms with Crippen molar-refractivity contribution in [2.45, 2.75) is 39.2 Å². The Hall–Kier alpha value is -2.20. The number of phenolic OH excluding ortho intramolecular Hbond substituents is 1. The summed E-state index contributed by atoms with van der Waals surface area (Å²) in [6, 6.07) is 13.3. The van der Waals surface area contributed by atoms with Gasteiger partial charge in [0.25, 0.3) is 0 Å². The lowest BCUT2D eigenvalue weighted by Gasteiger charge is -2.18. The summed E-state index contributed by atoms with van der Waals surface area (Å²) in [5.74, 6) is 2.00. The maximum atomic E-state index is 9.44. The van der Waals surface area contributed by atoms with E-state index in [2.05, 4.69) is 6.07 Å². The summed E-state index contributed by atoms with van der Waals surface area (Å²) in [5, 5.41) is 9.44. The lowest BCUT2D eigenvalue weighted by Crippen LogP contribution is -2.15.